The van der Waals surface area contributed by atoms with Crippen molar-refractivity contribution in [2.75, 3.05) is 6.61 Å². The lowest BCUT2D eigenvalue weighted by Gasteiger charge is -2.24. The van der Waals surface area contributed by atoms with E-state index in [0.29, 0.717) is 19.3 Å². The van der Waals surface area contributed by atoms with Crippen LogP contribution in [0.4, 0.5) is 0 Å². The number of unbranched alkanes of at least 4 members (excludes halogenated alkanes) is 34. The summed E-state index contributed by atoms with van der Waals surface area (Å²) in [6.45, 7) is 6.47. The highest BCUT2D eigenvalue weighted by Crippen LogP contribution is 2.18. The van der Waals surface area contributed by atoms with Gasteiger partial charge in [-0.05, 0) is 51.4 Å². The molecular formula is C53H103NO5. The summed E-state index contributed by atoms with van der Waals surface area (Å²) in [6.07, 6.45) is 52.8. The van der Waals surface area contributed by atoms with E-state index in [-0.39, 0.29) is 24.9 Å². The van der Waals surface area contributed by atoms with Gasteiger partial charge in [0.05, 0.1) is 25.2 Å². The smallest absolute Gasteiger partial charge is 0.306 e. The van der Waals surface area contributed by atoms with E-state index in [2.05, 4.69) is 38.2 Å². The normalized spacial score (nSPS) is 13.2. The van der Waals surface area contributed by atoms with Gasteiger partial charge in [0.1, 0.15) is 6.10 Å². The van der Waals surface area contributed by atoms with Crippen LogP contribution < -0.4 is 5.32 Å². The number of nitrogens with one attached hydrogen (secondary N) is 1. The SMILES string of the molecule is CCCCC/C=C\CCCCCC(CC(=O)NC(CO)C(O)CCCCCCCCCCCCC)OC(=O)CCCCCCCCCCCCCCCCCCCCC. The van der Waals surface area contributed by atoms with Crippen LogP contribution in [0.5, 0.6) is 0 Å². The highest BCUT2D eigenvalue weighted by Gasteiger charge is 2.24. The molecule has 0 aliphatic rings. The molecule has 0 saturated heterocycles. The predicted molar refractivity (Wildman–Crippen MR) is 255 cm³/mol. The molecule has 3 N–H and O–H groups in total. The molecular weight excluding hydrogens is 731 g/mol. The highest BCUT2D eigenvalue weighted by atomic mass is 16.5. The maximum Gasteiger partial charge on any atom is 0.306 e. The Morgan fingerprint density at radius 3 is 1.24 bits per heavy atom. The van der Waals surface area contributed by atoms with Gasteiger partial charge in [0, 0.05) is 6.42 Å². The van der Waals surface area contributed by atoms with E-state index in [1.165, 1.54) is 180 Å². The van der Waals surface area contributed by atoms with E-state index in [0.717, 1.165) is 64.2 Å². The van der Waals surface area contributed by atoms with Crippen molar-refractivity contribution in [2.24, 2.45) is 0 Å². The minimum absolute atomic E-state index is 0.0733. The molecule has 0 aromatic rings. The molecule has 6 nitrogen and oxygen atoms in total. The Hall–Kier alpha value is -1.40. The largest absolute Gasteiger partial charge is 0.462 e. The first-order chi connectivity index (χ1) is 29.0. The zero-order valence-electron chi connectivity index (χ0n) is 39.9. The number of hydrogen-bond acceptors (Lipinski definition) is 5. The molecule has 0 heterocycles. The standard InChI is InChI=1S/C53H103NO5/c1-4-7-10-13-16-19-22-23-24-25-26-27-28-29-31-34-37-40-43-46-53(58)59-49(44-41-38-35-32-21-18-15-12-9-6-3)47-52(57)54-50(48-55)51(56)45-42-39-36-33-30-20-17-14-11-8-5-2/h18,21,49-51,55-56H,4-17,19-20,22-48H2,1-3H3,(H,54,57)/b21-18-. The van der Waals surface area contributed by atoms with Gasteiger partial charge in [-0.25, -0.2) is 0 Å². The van der Waals surface area contributed by atoms with Gasteiger partial charge in [0.2, 0.25) is 5.91 Å². The van der Waals surface area contributed by atoms with Crippen molar-refractivity contribution in [1.29, 1.82) is 0 Å². The number of hydrogen-bond donors (Lipinski definition) is 3. The van der Waals surface area contributed by atoms with E-state index >= 15 is 0 Å². The second kappa shape index (κ2) is 47.6. The van der Waals surface area contributed by atoms with Crippen LogP contribution in [0, 0.1) is 0 Å². The van der Waals surface area contributed by atoms with Gasteiger partial charge < -0.3 is 20.3 Å². The molecule has 1 amide bonds. The quantitative estimate of drug-likeness (QED) is 0.0322. The molecule has 0 aromatic carbocycles. The van der Waals surface area contributed by atoms with Gasteiger partial charge in [-0.15, -0.1) is 0 Å². The van der Waals surface area contributed by atoms with Crippen molar-refractivity contribution in [3.8, 4) is 0 Å². The first kappa shape index (κ1) is 57.6. The first-order valence-corrected chi connectivity index (χ1v) is 26.4. The third-order valence-corrected chi connectivity index (χ3v) is 12.3. The number of allylic oxidation sites excluding steroid dienone is 2. The molecule has 0 saturated carbocycles. The average Bonchev–Trinajstić information content (AvgIpc) is 3.23. The fourth-order valence-electron chi connectivity index (χ4n) is 8.31. The van der Waals surface area contributed by atoms with Crippen LogP contribution in [-0.2, 0) is 14.3 Å². The molecule has 3 unspecified atom stereocenters. The summed E-state index contributed by atoms with van der Waals surface area (Å²) in [5.41, 5.74) is 0. The van der Waals surface area contributed by atoms with E-state index in [4.69, 9.17) is 4.74 Å². The Kier molecular flexibility index (Phi) is 46.5. The molecule has 59 heavy (non-hydrogen) atoms. The summed E-state index contributed by atoms with van der Waals surface area (Å²) in [5, 5.41) is 23.7. The topological polar surface area (TPSA) is 95.9 Å². The van der Waals surface area contributed by atoms with E-state index in [9.17, 15) is 19.8 Å². The molecule has 350 valence electrons. The molecule has 0 radical (unpaired) electrons. The number of amides is 1. The minimum atomic E-state index is -0.784. The van der Waals surface area contributed by atoms with Crippen LogP contribution in [0.3, 0.4) is 0 Å². The summed E-state index contributed by atoms with van der Waals surface area (Å²) in [6, 6.07) is -0.698. The zero-order valence-corrected chi connectivity index (χ0v) is 39.9. The van der Waals surface area contributed by atoms with Crippen molar-refractivity contribution in [3.63, 3.8) is 0 Å². The molecule has 0 spiro atoms. The second-order valence-electron chi connectivity index (χ2n) is 18.3. The monoisotopic (exact) mass is 834 g/mol. The molecule has 0 aliphatic carbocycles. The van der Waals surface area contributed by atoms with E-state index in [1.54, 1.807) is 0 Å². The van der Waals surface area contributed by atoms with E-state index < -0.39 is 18.2 Å². The lowest BCUT2D eigenvalue weighted by Crippen LogP contribution is -2.46. The lowest BCUT2D eigenvalue weighted by molar-refractivity contribution is -0.151. The lowest BCUT2D eigenvalue weighted by atomic mass is 10.0. The average molecular weight is 834 g/mol. The van der Waals surface area contributed by atoms with Gasteiger partial charge in [0.15, 0.2) is 0 Å². The van der Waals surface area contributed by atoms with Crippen molar-refractivity contribution < 1.29 is 24.5 Å². The maximum absolute atomic E-state index is 13.2. The fourth-order valence-corrected chi connectivity index (χ4v) is 8.31. The van der Waals surface area contributed by atoms with Crippen LogP contribution in [0.25, 0.3) is 0 Å². The summed E-state index contributed by atoms with van der Waals surface area (Å²) >= 11 is 0. The van der Waals surface area contributed by atoms with Gasteiger partial charge in [-0.1, -0.05) is 238 Å². The second-order valence-corrected chi connectivity index (χ2v) is 18.3. The van der Waals surface area contributed by atoms with Gasteiger partial charge >= 0.3 is 5.97 Å². The molecule has 0 fully saturated rings. The number of ether oxygens (including phenoxy) is 1. The molecule has 0 rings (SSSR count). The number of esters is 1. The predicted octanol–water partition coefficient (Wildman–Crippen LogP) is 15.7. The summed E-state index contributed by atoms with van der Waals surface area (Å²) in [4.78, 5) is 26.1. The molecule has 0 bridgehead atoms. The number of aliphatic hydroxyl groups is 2. The summed E-state index contributed by atoms with van der Waals surface area (Å²) < 4.78 is 5.92. The fraction of sp³-hybridized carbons (Fsp3) is 0.925. The van der Waals surface area contributed by atoms with Crippen LogP contribution in [0.2, 0.25) is 0 Å². The number of aliphatic hydroxyl groups excluding tert-OH is 2. The van der Waals surface area contributed by atoms with Gasteiger partial charge in [-0.3, -0.25) is 9.59 Å². The van der Waals surface area contributed by atoms with Crippen molar-refractivity contribution in [3.05, 3.63) is 12.2 Å². The van der Waals surface area contributed by atoms with Crippen molar-refractivity contribution >= 4 is 11.9 Å². The van der Waals surface area contributed by atoms with E-state index in [1.807, 2.05) is 0 Å². The minimum Gasteiger partial charge on any atom is -0.462 e. The Bertz CT molecular complexity index is 893. The molecule has 0 aromatic heterocycles. The van der Waals surface area contributed by atoms with Crippen LogP contribution in [-0.4, -0.2) is 46.9 Å². The number of carbonyl (C=O) groups excluding carboxylic acids is 2. The molecule has 6 heteroatoms. The Morgan fingerprint density at radius 1 is 0.475 bits per heavy atom. The Balaban J connectivity index is 4.40. The van der Waals surface area contributed by atoms with Gasteiger partial charge in [-0.2, -0.15) is 0 Å². The van der Waals surface area contributed by atoms with Gasteiger partial charge in [0.25, 0.3) is 0 Å². The number of carbonyl (C=O) groups is 2. The summed E-state index contributed by atoms with van der Waals surface area (Å²) in [7, 11) is 0. The van der Waals surface area contributed by atoms with Crippen LogP contribution in [0.1, 0.15) is 290 Å². The van der Waals surface area contributed by atoms with Crippen LogP contribution >= 0.6 is 0 Å². The Labute approximate surface area is 368 Å². The third kappa shape index (κ3) is 43.1. The summed E-state index contributed by atoms with van der Waals surface area (Å²) in [5.74, 6) is -0.474. The zero-order chi connectivity index (χ0) is 43.1. The maximum atomic E-state index is 13.2. The first-order valence-electron chi connectivity index (χ1n) is 26.4. The highest BCUT2D eigenvalue weighted by molar-refractivity contribution is 5.77. The van der Waals surface area contributed by atoms with Crippen LogP contribution in [0.15, 0.2) is 12.2 Å². The van der Waals surface area contributed by atoms with Crippen molar-refractivity contribution in [1.82, 2.24) is 5.32 Å². The third-order valence-electron chi connectivity index (χ3n) is 12.3. The molecule has 0 aliphatic heterocycles. The molecule has 3 atom stereocenters. The number of rotatable bonds is 48. The Morgan fingerprint density at radius 2 is 0.814 bits per heavy atom. The van der Waals surface area contributed by atoms with Crippen molar-refractivity contribution in [2.45, 2.75) is 309 Å².